The summed E-state index contributed by atoms with van der Waals surface area (Å²) in [5, 5.41) is 3.60. The van der Waals surface area contributed by atoms with Crippen molar-refractivity contribution >= 4 is 5.91 Å². The van der Waals surface area contributed by atoms with Crippen molar-refractivity contribution in [2.24, 2.45) is 17.8 Å². The molecule has 0 bridgehead atoms. The van der Waals surface area contributed by atoms with Gasteiger partial charge >= 0.3 is 0 Å². The highest BCUT2D eigenvalue weighted by molar-refractivity contribution is 5.84. The first-order valence-electron chi connectivity index (χ1n) is 8.84. The van der Waals surface area contributed by atoms with Gasteiger partial charge in [0.2, 0.25) is 5.91 Å². The fourth-order valence-corrected chi connectivity index (χ4v) is 3.37. The lowest BCUT2D eigenvalue weighted by atomic mass is 9.98. The summed E-state index contributed by atoms with van der Waals surface area (Å²) in [4.78, 5) is 15.0. The summed E-state index contributed by atoms with van der Waals surface area (Å²) < 4.78 is 0. The van der Waals surface area contributed by atoms with Gasteiger partial charge < -0.3 is 4.90 Å². The SMILES string of the molecule is CCC(C)CC(C)N1C(=O)C(CC(C)C)NC1CC(C)C. The van der Waals surface area contributed by atoms with Crippen molar-refractivity contribution in [3.63, 3.8) is 0 Å². The largest absolute Gasteiger partial charge is 0.323 e. The topological polar surface area (TPSA) is 32.3 Å². The Bertz CT molecular complexity index is 327. The molecule has 1 amide bonds. The van der Waals surface area contributed by atoms with E-state index in [9.17, 15) is 4.79 Å². The van der Waals surface area contributed by atoms with Gasteiger partial charge in [-0.3, -0.25) is 10.1 Å². The molecule has 124 valence electrons. The molecule has 1 N–H and O–H groups in total. The maximum absolute atomic E-state index is 12.8. The standard InChI is InChI=1S/C18H36N2O/c1-8-14(6)11-15(7)20-17(10-13(4)5)19-16(18(20)21)9-12(2)3/h12-17,19H,8-11H2,1-7H3. The van der Waals surface area contributed by atoms with E-state index in [1.54, 1.807) is 0 Å². The predicted molar refractivity (Wildman–Crippen MR) is 90.0 cm³/mol. The highest BCUT2D eigenvalue weighted by Crippen LogP contribution is 2.26. The Hall–Kier alpha value is -0.570. The number of carbonyl (C=O) groups is 1. The number of rotatable bonds is 8. The van der Waals surface area contributed by atoms with Crippen molar-refractivity contribution in [2.75, 3.05) is 0 Å². The van der Waals surface area contributed by atoms with E-state index in [2.05, 4.69) is 58.7 Å². The van der Waals surface area contributed by atoms with Crippen molar-refractivity contribution in [2.45, 2.75) is 92.4 Å². The van der Waals surface area contributed by atoms with Crippen molar-refractivity contribution in [1.29, 1.82) is 0 Å². The zero-order valence-corrected chi connectivity index (χ0v) is 15.1. The summed E-state index contributed by atoms with van der Waals surface area (Å²) in [7, 11) is 0. The molecular weight excluding hydrogens is 260 g/mol. The van der Waals surface area contributed by atoms with Crippen LogP contribution in [-0.2, 0) is 4.79 Å². The normalized spacial score (nSPS) is 26.0. The van der Waals surface area contributed by atoms with Crippen LogP contribution >= 0.6 is 0 Å². The molecule has 3 nitrogen and oxygen atoms in total. The van der Waals surface area contributed by atoms with Gasteiger partial charge in [0, 0.05) is 6.04 Å². The number of nitrogens with zero attached hydrogens (tertiary/aromatic N) is 1. The lowest BCUT2D eigenvalue weighted by Gasteiger charge is -2.32. The fourth-order valence-electron chi connectivity index (χ4n) is 3.37. The Morgan fingerprint density at radius 2 is 1.62 bits per heavy atom. The Morgan fingerprint density at radius 1 is 1.05 bits per heavy atom. The molecule has 3 heteroatoms. The smallest absolute Gasteiger partial charge is 0.241 e. The molecule has 0 aromatic rings. The number of nitrogens with one attached hydrogen (secondary N) is 1. The van der Waals surface area contributed by atoms with Gasteiger partial charge in [0.15, 0.2) is 0 Å². The maximum atomic E-state index is 12.8. The maximum Gasteiger partial charge on any atom is 0.241 e. The molecule has 1 fully saturated rings. The monoisotopic (exact) mass is 296 g/mol. The van der Waals surface area contributed by atoms with Gasteiger partial charge in [0.1, 0.15) is 0 Å². The van der Waals surface area contributed by atoms with E-state index < -0.39 is 0 Å². The number of amides is 1. The number of hydrogen-bond donors (Lipinski definition) is 1. The van der Waals surface area contributed by atoms with Crippen LogP contribution < -0.4 is 5.32 Å². The van der Waals surface area contributed by atoms with E-state index in [-0.39, 0.29) is 12.2 Å². The van der Waals surface area contributed by atoms with E-state index in [0.717, 1.165) is 19.3 Å². The Labute approximate surface area is 131 Å². The first-order valence-corrected chi connectivity index (χ1v) is 8.84. The van der Waals surface area contributed by atoms with Crippen LogP contribution in [0.1, 0.15) is 74.1 Å². The molecule has 0 aliphatic carbocycles. The van der Waals surface area contributed by atoms with Crippen molar-refractivity contribution in [3.8, 4) is 0 Å². The van der Waals surface area contributed by atoms with Crippen molar-refractivity contribution in [1.82, 2.24) is 10.2 Å². The second-order valence-electron chi connectivity index (χ2n) is 7.84. The minimum absolute atomic E-state index is 0.0214. The van der Waals surface area contributed by atoms with Crippen LogP contribution in [-0.4, -0.2) is 29.1 Å². The second kappa shape index (κ2) is 8.17. The van der Waals surface area contributed by atoms with Gasteiger partial charge in [0.25, 0.3) is 0 Å². The van der Waals surface area contributed by atoms with E-state index in [0.29, 0.717) is 29.7 Å². The Morgan fingerprint density at radius 3 is 2.10 bits per heavy atom. The molecule has 1 saturated heterocycles. The fraction of sp³-hybridized carbons (Fsp3) is 0.944. The summed E-state index contributed by atoms with van der Waals surface area (Å²) in [5.74, 6) is 2.16. The predicted octanol–water partition coefficient (Wildman–Crippen LogP) is 4.03. The minimum atomic E-state index is 0.0214. The number of carbonyl (C=O) groups excluding carboxylic acids is 1. The third kappa shape index (κ3) is 5.28. The van der Waals surface area contributed by atoms with Crippen molar-refractivity contribution < 1.29 is 4.79 Å². The molecule has 1 aliphatic heterocycles. The highest BCUT2D eigenvalue weighted by Gasteiger charge is 2.41. The summed E-state index contributed by atoms with van der Waals surface area (Å²) in [5.41, 5.74) is 0. The third-order valence-electron chi connectivity index (χ3n) is 4.60. The van der Waals surface area contributed by atoms with Gasteiger partial charge in [-0.15, -0.1) is 0 Å². The van der Waals surface area contributed by atoms with Crippen LogP contribution in [0.2, 0.25) is 0 Å². The molecular formula is C18H36N2O. The van der Waals surface area contributed by atoms with Gasteiger partial charge in [-0.1, -0.05) is 48.0 Å². The van der Waals surface area contributed by atoms with Crippen LogP contribution in [0.3, 0.4) is 0 Å². The molecule has 4 atom stereocenters. The average Bonchev–Trinajstić information content (AvgIpc) is 2.64. The summed E-state index contributed by atoms with van der Waals surface area (Å²) >= 11 is 0. The first kappa shape index (κ1) is 18.5. The quantitative estimate of drug-likeness (QED) is 0.733. The Balaban J connectivity index is 2.81. The molecule has 0 saturated carbocycles. The van der Waals surface area contributed by atoms with Crippen molar-refractivity contribution in [3.05, 3.63) is 0 Å². The van der Waals surface area contributed by atoms with Crippen LogP contribution in [0.15, 0.2) is 0 Å². The van der Waals surface area contributed by atoms with Crippen LogP contribution in [0.25, 0.3) is 0 Å². The second-order valence-corrected chi connectivity index (χ2v) is 7.84. The lowest BCUT2D eigenvalue weighted by molar-refractivity contribution is -0.132. The average molecular weight is 296 g/mol. The van der Waals surface area contributed by atoms with Gasteiger partial charge in [0.05, 0.1) is 12.2 Å². The van der Waals surface area contributed by atoms with Crippen LogP contribution in [0.5, 0.6) is 0 Å². The van der Waals surface area contributed by atoms with Gasteiger partial charge in [-0.25, -0.2) is 0 Å². The summed E-state index contributed by atoms with van der Waals surface area (Å²) in [6.45, 7) is 15.6. The zero-order chi connectivity index (χ0) is 16.2. The van der Waals surface area contributed by atoms with Gasteiger partial charge in [-0.2, -0.15) is 0 Å². The molecule has 1 rings (SSSR count). The Kier molecular flexibility index (Phi) is 7.19. The molecule has 0 radical (unpaired) electrons. The van der Waals surface area contributed by atoms with E-state index in [1.165, 1.54) is 6.42 Å². The van der Waals surface area contributed by atoms with Crippen LogP contribution in [0.4, 0.5) is 0 Å². The van der Waals surface area contributed by atoms with E-state index >= 15 is 0 Å². The summed E-state index contributed by atoms with van der Waals surface area (Å²) in [6.07, 6.45) is 4.50. The molecule has 1 aliphatic rings. The zero-order valence-electron chi connectivity index (χ0n) is 15.1. The minimum Gasteiger partial charge on any atom is -0.323 e. The number of hydrogen-bond acceptors (Lipinski definition) is 2. The van der Waals surface area contributed by atoms with E-state index in [4.69, 9.17) is 0 Å². The highest BCUT2D eigenvalue weighted by atomic mass is 16.2. The molecule has 0 spiro atoms. The molecule has 0 aromatic carbocycles. The van der Waals surface area contributed by atoms with Gasteiger partial charge in [-0.05, 0) is 43.9 Å². The molecule has 1 heterocycles. The lowest BCUT2D eigenvalue weighted by Crippen LogP contribution is -2.44. The molecule has 0 aromatic heterocycles. The third-order valence-corrected chi connectivity index (χ3v) is 4.60. The summed E-state index contributed by atoms with van der Waals surface area (Å²) in [6, 6.07) is 0.356. The van der Waals surface area contributed by atoms with E-state index in [1.807, 2.05) is 0 Å². The molecule has 4 unspecified atom stereocenters. The first-order chi connectivity index (χ1) is 9.76. The molecule has 21 heavy (non-hydrogen) atoms. The van der Waals surface area contributed by atoms with Crippen LogP contribution in [0, 0.1) is 17.8 Å².